The monoisotopic (exact) mass is 270 g/mol. The van der Waals surface area contributed by atoms with E-state index in [1.54, 1.807) is 6.07 Å². The Hall–Kier alpha value is -0.980. The van der Waals surface area contributed by atoms with Crippen LogP contribution in [0.25, 0.3) is 0 Å². The number of sulfonamides is 1. The first-order valence-electron chi connectivity index (χ1n) is 5.90. The van der Waals surface area contributed by atoms with Crippen LogP contribution < -0.4 is 4.72 Å². The Labute approximate surface area is 107 Å². The lowest BCUT2D eigenvalue weighted by Gasteiger charge is -2.07. The number of hydrogen-bond acceptors (Lipinski definition) is 4. The SMILES string of the molecule is CC1(C)CC1CNS(=O)(=O)c1ccc(CO)cn1. The Bertz CT molecular complexity index is 523. The van der Waals surface area contributed by atoms with Gasteiger partial charge in [0, 0.05) is 12.7 Å². The summed E-state index contributed by atoms with van der Waals surface area (Å²) in [6, 6.07) is 2.97. The van der Waals surface area contributed by atoms with Gasteiger partial charge in [-0.1, -0.05) is 19.9 Å². The summed E-state index contributed by atoms with van der Waals surface area (Å²) in [5.74, 6) is 0.406. The highest BCUT2D eigenvalue weighted by Crippen LogP contribution is 2.51. The highest BCUT2D eigenvalue weighted by molar-refractivity contribution is 7.89. The van der Waals surface area contributed by atoms with E-state index in [0.717, 1.165) is 6.42 Å². The highest BCUT2D eigenvalue weighted by Gasteiger charge is 2.45. The molecule has 0 radical (unpaired) electrons. The van der Waals surface area contributed by atoms with Crippen molar-refractivity contribution in [3.05, 3.63) is 23.9 Å². The molecular formula is C12H18N2O3S. The van der Waals surface area contributed by atoms with E-state index < -0.39 is 10.0 Å². The quantitative estimate of drug-likeness (QED) is 0.833. The second-order valence-electron chi connectivity index (χ2n) is 5.40. The zero-order chi connectivity index (χ0) is 13.4. The molecular weight excluding hydrogens is 252 g/mol. The van der Waals surface area contributed by atoms with Gasteiger partial charge in [-0.05, 0) is 29.4 Å². The molecule has 1 aromatic rings. The summed E-state index contributed by atoms with van der Waals surface area (Å²) in [6.07, 6.45) is 2.42. The molecule has 5 nitrogen and oxygen atoms in total. The number of aliphatic hydroxyl groups excluding tert-OH is 1. The van der Waals surface area contributed by atoms with Gasteiger partial charge in [0.15, 0.2) is 5.03 Å². The molecule has 1 unspecified atom stereocenters. The van der Waals surface area contributed by atoms with Crippen molar-refractivity contribution < 1.29 is 13.5 Å². The van der Waals surface area contributed by atoms with Crippen molar-refractivity contribution in [2.75, 3.05) is 6.54 Å². The first-order valence-corrected chi connectivity index (χ1v) is 7.39. The predicted octanol–water partition coefficient (Wildman–Crippen LogP) is 0.898. The van der Waals surface area contributed by atoms with Crippen LogP contribution in [-0.4, -0.2) is 25.1 Å². The van der Waals surface area contributed by atoms with Gasteiger partial charge in [0.05, 0.1) is 6.61 Å². The van der Waals surface area contributed by atoms with Crippen molar-refractivity contribution in [2.24, 2.45) is 11.3 Å². The molecule has 0 amide bonds. The van der Waals surface area contributed by atoms with E-state index in [0.29, 0.717) is 18.0 Å². The molecule has 1 aliphatic carbocycles. The minimum atomic E-state index is -3.53. The van der Waals surface area contributed by atoms with E-state index >= 15 is 0 Å². The fraction of sp³-hybridized carbons (Fsp3) is 0.583. The fourth-order valence-corrected chi connectivity index (χ4v) is 2.88. The maximum absolute atomic E-state index is 11.9. The van der Waals surface area contributed by atoms with Gasteiger partial charge in [-0.25, -0.2) is 18.1 Å². The van der Waals surface area contributed by atoms with E-state index in [1.807, 2.05) is 0 Å². The molecule has 2 rings (SSSR count). The molecule has 0 spiro atoms. The number of pyridine rings is 1. The summed E-state index contributed by atoms with van der Waals surface area (Å²) in [5.41, 5.74) is 0.841. The normalized spacial score (nSPS) is 21.8. The number of hydrogen-bond donors (Lipinski definition) is 2. The minimum absolute atomic E-state index is 0.00171. The number of aromatic nitrogens is 1. The van der Waals surface area contributed by atoms with Crippen molar-refractivity contribution in [2.45, 2.75) is 31.9 Å². The van der Waals surface area contributed by atoms with E-state index in [-0.39, 0.29) is 17.0 Å². The standard InChI is InChI=1S/C12H18N2O3S/c1-12(2)5-10(12)7-14-18(16,17)11-4-3-9(8-15)6-13-11/h3-4,6,10,14-15H,5,7-8H2,1-2H3. The molecule has 1 heterocycles. The Morgan fingerprint density at radius 1 is 1.50 bits per heavy atom. The number of nitrogens with one attached hydrogen (secondary N) is 1. The average molecular weight is 270 g/mol. The van der Waals surface area contributed by atoms with Crippen LogP contribution in [0.2, 0.25) is 0 Å². The number of aliphatic hydroxyl groups is 1. The lowest BCUT2D eigenvalue weighted by molar-refractivity contribution is 0.281. The molecule has 100 valence electrons. The van der Waals surface area contributed by atoms with Gasteiger partial charge in [-0.15, -0.1) is 0 Å². The van der Waals surface area contributed by atoms with Gasteiger partial charge in [0.2, 0.25) is 0 Å². The van der Waals surface area contributed by atoms with Gasteiger partial charge in [-0.2, -0.15) is 0 Å². The van der Waals surface area contributed by atoms with E-state index in [2.05, 4.69) is 23.6 Å². The Kier molecular flexibility index (Phi) is 3.44. The molecule has 1 aromatic heterocycles. The summed E-state index contributed by atoms with van der Waals surface area (Å²) in [4.78, 5) is 3.85. The molecule has 1 aliphatic rings. The number of rotatable bonds is 5. The Morgan fingerprint density at radius 2 is 2.17 bits per heavy atom. The molecule has 18 heavy (non-hydrogen) atoms. The van der Waals surface area contributed by atoms with Crippen LogP contribution in [0, 0.1) is 11.3 Å². The largest absolute Gasteiger partial charge is 0.392 e. The van der Waals surface area contributed by atoms with Crippen molar-refractivity contribution in [3.63, 3.8) is 0 Å². The minimum Gasteiger partial charge on any atom is -0.392 e. The molecule has 1 atom stereocenters. The lowest BCUT2D eigenvalue weighted by Crippen LogP contribution is -2.27. The third kappa shape index (κ3) is 2.88. The molecule has 0 aliphatic heterocycles. The molecule has 1 fully saturated rings. The first kappa shape index (κ1) is 13.5. The van der Waals surface area contributed by atoms with Crippen molar-refractivity contribution in [3.8, 4) is 0 Å². The van der Waals surface area contributed by atoms with Crippen LogP contribution in [0.4, 0.5) is 0 Å². The number of nitrogens with zero attached hydrogens (tertiary/aromatic N) is 1. The van der Waals surface area contributed by atoms with Crippen molar-refractivity contribution in [1.29, 1.82) is 0 Å². The zero-order valence-corrected chi connectivity index (χ0v) is 11.4. The van der Waals surface area contributed by atoms with Gasteiger partial charge in [-0.3, -0.25) is 0 Å². The maximum atomic E-state index is 11.9. The Balaban J connectivity index is 2.01. The third-order valence-electron chi connectivity index (χ3n) is 3.49. The average Bonchev–Trinajstić information content (AvgIpc) is 2.95. The van der Waals surface area contributed by atoms with Crippen molar-refractivity contribution in [1.82, 2.24) is 9.71 Å². The summed E-state index contributed by atoms with van der Waals surface area (Å²) in [6.45, 7) is 4.57. The topological polar surface area (TPSA) is 79.3 Å². The van der Waals surface area contributed by atoms with Crippen LogP contribution in [0.1, 0.15) is 25.8 Å². The van der Waals surface area contributed by atoms with Gasteiger partial charge in [0.25, 0.3) is 10.0 Å². The molecule has 0 saturated heterocycles. The van der Waals surface area contributed by atoms with Gasteiger partial charge in [0.1, 0.15) is 0 Å². The molecule has 0 bridgehead atoms. The van der Waals surface area contributed by atoms with E-state index in [1.165, 1.54) is 12.3 Å². The van der Waals surface area contributed by atoms with Gasteiger partial charge < -0.3 is 5.11 Å². The molecule has 6 heteroatoms. The van der Waals surface area contributed by atoms with Crippen molar-refractivity contribution >= 4 is 10.0 Å². The van der Waals surface area contributed by atoms with E-state index in [9.17, 15) is 8.42 Å². The fourth-order valence-electron chi connectivity index (χ4n) is 1.87. The van der Waals surface area contributed by atoms with Crippen LogP contribution in [0.5, 0.6) is 0 Å². The third-order valence-corrected chi connectivity index (χ3v) is 4.83. The lowest BCUT2D eigenvalue weighted by atomic mass is 10.1. The van der Waals surface area contributed by atoms with E-state index in [4.69, 9.17) is 5.11 Å². The first-order chi connectivity index (χ1) is 8.35. The maximum Gasteiger partial charge on any atom is 0.258 e. The van der Waals surface area contributed by atoms with Crippen LogP contribution in [0.3, 0.4) is 0 Å². The van der Waals surface area contributed by atoms with Crippen LogP contribution >= 0.6 is 0 Å². The second kappa shape index (κ2) is 4.60. The molecule has 1 saturated carbocycles. The smallest absolute Gasteiger partial charge is 0.258 e. The van der Waals surface area contributed by atoms with Gasteiger partial charge >= 0.3 is 0 Å². The summed E-state index contributed by atoms with van der Waals surface area (Å²) in [5, 5.41) is 8.87. The highest BCUT2D eigenvalue weighted by atomic mass is 32.2. The molecule has 0 aromatic carbocycles. The Morgan fingerprint density at radius 3 is 2.61 bits per heavy atom. The summed E-state index contributed by atoms with van der Waals surface area (Å²) in [7, 11) is -3.53. The second-order valence-corrected chi connectivity index (χ2v) is 7.12. The predicted molar refractivity (Wildman–Crippen MR) is 67.2 cm³/mol. The van der Waals surface area contributed by atoms with Crippen LogP contribution in [-0.2, 0) is 16.6 Å². The van der Waals surface area contributed by atoms with Crippen LogP contribution in [0.15, 0.2) is 23.4 Å². The summed E-state index contributed by atoms with van der Waals surface area (Å²) < 4.78 is 26.5. The molecule has 2 N–H and O–H groups in total. The zero-order valence-electron chi connectivity index (χ0n) is 10.5. The summed E-state index contributed by atoms with van der Waals surface area (Å²) >= 11 is 0.